The highest BCUT2D eigenvalue weighted by Gasteiger charge is 2.38. The second-order valence-corrected chi connectivity index (χ2v) is 7.70. The topological polar surface area (TPSA) is 46.9 Å². The Labute approximate surface area is 199 Å². The number of anilines is 1. The van der Waals surface area contributed by atoms with Gasteiger partial charge >= 0.3 is 12.4 Å². The second kappa shape index (κ2) is 9.10. The fraction of sp³-hybridized carbons (Fsp3) is 0.0833. The van der Waals surface area contributed by atoms with Crippen molar-refractivity contribution in [1.82, 2.24) is 9.78 Å². The fourth-order valence-corrected chi connectivity index (χ4v) is 3.70. The zero-order chi connectivity index (χ0) is 25.4. The highest BCUT2D eigenvalue weighted by molar-refractivity contribution is 6.34. The van der Waals surface area contributed by atoms with Crippen molar-refractivity contribution in [3.05, 3.63) is 101 Å². The number of amides is 1. The lowest BCUT2D eigenvalue weighted by Crippen LogP contribution is -2.18. The molecule has 0 aliphatic rings. The van der Waals surface area contributed by atoms with E-state index in [0.717, 1.165) is 0 Å². The van der Waals surface area contributed by atoms with E-state index in [1.165, 1.54) is 4.68 Å². The molecule has 0 radical (unpaired) electrons. The SMILES string of the molecule is O=C(Nc1cc(C(F)(F)F)ccc1C(F)(F)F)c1c(-c2ccccc2)nn(-c2ccccc2)c1Cl. The summed E-state index contributed by atoms with van der Waals surface area (Å²) in [5.41, 5.74) is -3.22. The van der Waals surface area contributed by atoms with Crippen molar-refractivity contribution >= 4 is 23.2 Å². The minimum atomic E-state index is -5.02. The van der Waals surface area contributed by atoms with Crippen LogP contribution in [-0.2, 0) is 12.4 Å². The molecule has 1 aromatic heterocycles. The summed E-state index contributed by atoms with van der Waals surface area (Å²) in [7, 11) is 0. The lowest BCUT2D eigenvalue weighted by Gasteiger charge is -2.16. The minimum Gasteiger partial charge on any atom is -0.321 e. The Morgan fingerprint density at radius 1 is 0.829 bits per heavy atom. The maximum absolute atomic E-state index is 13.5. The van der Waals surface area contributed by atoms with Gasteiger partial charge in [-0.3, -0.25) is 4.79 Å². The number of carbonyl (C=O) groups is 1. The van der Waals surface area contributed by atoms with Crippen molar-refractivity contribution in [3.63, 3.8) is 0 Å². The maximum atomic E-state index is 13.5. The van der Waals surface area contributed by atoms with E-state index in [9.17, 15) is 31.1 Å². The predicted octanol–water partition coefficient (Wildman–Crippen LogP) is 7.48. The van der Waals surface area contributed by atoms with Crippen molar-refractivity contribution < 1.29 is 31.1 Å². The van der Waals surface area contributed by atoms with Gasteiger partial charge in [0.05, 0.1) is 22.5 Å². The number of alkyl halides is 6. The first-order valence-electron chi connectivity index (χ1n) is 9.96. The molecule has 0 unspecified atom stereocenters. The number of halogens is 7. The molecule has 11 heteroatoms. The van der Waals surface area contributed by atoms with Crippen LogP contribution >= 0.6 is 11.6 Å². The minimum absolute atomic E-state index is 0.0393. The van der Waals surface area contributed by atoms with Crippen LogP contribution in [0.3, 0.4) is 0 Å². The largest absolute Gasteiger partial charge is 0.418 e. The Morgan fingerprint density at radius 3 is 2.00 bits per heavy atom. The van der Waals surface area contributed by atoms with Crippen LogP contribution in [0.5, 0.6) is 0 Å². The van der Waals surface area contributed by atoms with Crippen LogP contribution < -0.4 is 5.32 Å². The molecule has 4 aromatic rings. The number of benzene rings is 3. The molecule has 0 aliphatic carbocycles. The number of rotatable bonds is 4. The molecule has 35 heavy (non-hydrogen) atoms. The molecular formula is C24H14ClF6N3O. The molecule has 4 nitrogen and oxygen atoms in total. The van der Waals surface area contributed by atoms with Gasteiger partial charge in [-0.2, -0.15) is 31.4 Å². The molecule has 0 saturated heterocycles. The molecule has 180 valence electrons. The van der Waals surface area contributed by atoms with E-state index in [4.69, 9.17) is 11.6 Å². The van der Waals surface area contributed by atoms with Gasteiger partial charge in [0.25, 0.3) is 5.91 Å². The molecule has 0 saturated carbocycles. The van der Waals surface area contributed by atoms with Gasteiger partial charge in [0.15, 0.2) is 0 Å². The third-order valence-electron chi connectivity index (χ3n) is 5.00. The zero-order valence-corrected chi connectivity index (χ0v) is 18.2. The molecule has 0 aliphatic heterocycles. The Morgan fingerprint density at radius 2 is 1.43 bits per heavy atom. The first-order valence-corrected chi connectivity index (χ1v) is 10.3. The van der Waals surface area contributed by atoms with Crippen LogP contribution in [-0.4, -0.2) is 15.7 Å². The molecule has 1 N–H and O–H groups in total. The maximum Gasteiger partial charge on any atom is 0.418 e. The molecule has 1 heterocycles. The number of carbonyl (C=O) groups excluding carboxylic acids is 1. The second-order valence-electron chi connectivity index (χ2n) is 7.34. The Kier molecular flexibility index (Phi) is 6.33. The van der Waals surface area contributed by atoms with Gasteiger partial charge in [-0.05, 0) is 30.3 Å². The average Bonchev–Trinajstić information content (AvgIpc) is 3.16. The van der Waals surface area contributed by atoms with Gasteiger partial charge in [-0.1, -0.05) is 60.1 Å². The average molecular weight is 510 g/mol. The number of nitrogens with zero attached hydrogens (tertiary/aromatic N) is 2. The quantitative estimate of drug-likeness (QED) is 0.290. The third-order valence-corrected chi connectivity index (χ3v) is 5.35. The van der Waals surface area contributed by atoms with Gasteiger partial charge < -0.3 is 5.32 Å². The van der Waals surface area contributed by atoms with Crippen LogP contribution in [0.15, 0.2) is 78.9 Å². The van der Waals surface area contributed by atoms with E-state index < -0.39 is 35.1 Å². The van der Waals surface area contributed by atoms with Crippen molar-refractivity contribution in [3.8, 4) is 16.9 Å². The monoisotopic (exact) mass is 509 g/mol. The summed E-state index contributed by atoms with van der Waals surface area (Å²) in [5.74, 6) is -1.15. The standard InChI is InChI=1S/C24H14ClF6N3O/c25-21-19(20(14-7-3-1-4-8-14)33-34(21)16-9-5-2-6-10-16)22(35)32-18-13-15(23(26,27)28)11-12-17(18)24(29,30)31/h1-13H,(H,32,35). The van der Waals surface area contributed by atoms with Crippen molar-refractivity contribution in [2.75, 3.05) is 5.32 Å². The normalized spacial score (nSPS) is 12.0. The lowest BCUT2D eigenvalue weighted by molar-refractivity contribution is -0.140. The summed E-state index contributed by atoms with van der Waals surface area (Å²) in [6.07, 6.45) is -9.94. The van der Waals surface area contributed by atoms with Crippen LogP contribution in [0.25, 0.3) is 16.9 Å². The fourth-order valence-electron chi connectivity index (χ4n) is 3.39. The first-order chi connectivity index (χ1) is 16.5. The first kappa shape index (κ1) is 24.3. The smallest absolute Gasteiger partial charge is 0.321 e. The zero-order valence-electron chi connectivity index (χ0n) is 17.5. The molecule has 4 rings (SSSR count). The number of hydrogen-bond donors (Lipinski definition) is 1. The molecule has 0 spiro atoms. The van der Waals surface area contributed by atoms with E-state index in [1.54, 1.807) is 60.7 Å². The third kappa shape index (κ3) is 5.02. The van der Waals surface area contributed by atoms with Gasteiger partial charge in [0.2, 0.25) is 0 Å². The van der Waals surface area contributed by atoms with Crippen molar-refractivity contribution in [2.24, 2.45) is 0 Å². The highest BCUT2D eigenvalue weighted by atomic mass is 35.5. The number of nitrogens with one attached hydrogen (secondary N) is 1. The summed E-state index contributed by atoms with van der Waals surface area (Å²) in [6.45, 7) is 0. The number of para-hydroxylation sites is 1. The van der Waals surface area contributed by atoms with E-state index in [-0.39, 0.29) is 28.5 Å². The van der Waals surface area contributed by atoms with Crippen LogP contribution in [0, 0.1) is 0 Å². The van der Waals surface area contributed by atoms with Gasteiger partial charge in [-0.25, -0.2) is 4.68 Å². The molecule has 0 bridgehead atoms. The molecular weight excluding hydrogens is 496 g/mol. The van der Waals surface area contributed by atoms with E-state index >= 15 is 0 Å². The van der Waals surface area contributed by atoms with Gasteiger partial charge in [0.1, 0.15) is 16.4 Å². The Hall–Kier alpha value is -3.79. The highest BCUT2D eigenvalue weighted by Crippen LogP contribution is 2.40. The molecule has 3 aromatic carbocycles. The van der Waals surface area contributed by atoms with Crippen LogP contribution in [0.2, 0.25) is 5.15 Å². The number of hydrogen-bond acceptors (Lipinski definition) is 2. The van der Waals surface area contributed by atoms with Crippen LogP contribution in [0.1, 0.15) is 21.5 Å². The Balaban J connectivity index is 1.85. The lowest BCUT2D eigenvalue weighted by atomic mass is 10.1. The molecule has 0 fully saturated rings. The number of aromatic nitrogens is 2. The molecule has 1 amide bonds. The van der Waals surface area contributed by atoms with E-state index in [0.29, 0.717) is 17.3 Å². The summed E-state index contributed by atoms with van der Waals surface area (Å²) in [5, 5.41) is 6.10. The van der Waals surface area contributed by atoms with Gasteiger partial charge in [-0.15, -0.1) is 0 Å². The van der Waals surface area contributed by atoms with Crippen molar-refractivity contribution in [1.29, 1.82) is 0 Å². The summed E-state index contributed by atoms with van der Waals surface area (Å²) < 4.78 is 81.2. The molecule has 0 atom stereocenters. The summed E-state index contributed by atoms with van der Waals surface area (Å²) >= 11 is 6.45. The van der Waals surface area contributed by atoms with Crippen LogP contribution in [0.4, 0.5) is 32.0 Å². The summed E-state index contributed by atoms with van der Waals surface area (Å²) in [6, 6.07) is 17.4. The van der Waals surface area contributed by atoms with Gasteiger partial charge in [0, 0.05) is 5.56 Å². The predicted molar refractivity (Wildman–Crippen MR) is 118 cm³/mol. The van der Waals surface area contributed by atoms with Crippen molar-refractivity contribution in [2.45, 2.75) is 12.4 Å². The van der Waals surface area contributed by atoms with E-state index in [2.05, 4.69) is 5.10 Å². The Bertz CT molecular complexity index is 1370. The van der Waals surface area contributed by atoms with E-state index in [1.807, 2.05) is 5.32 Å². The summed E-state index contributed by atoms with van der Waals surface area (Å²) in [4.78, 5) is 13.2.